The lowest BCUT2D eigenvalue weighted by atomic mass is 10.1. The molecular formula is C20H17N5OS2. The van der Waals surface area contributed by atoms with Crippen molar-refractivity contribution in [3.63, 3.8) is 0 Å². The number of thiazole rings is 1. The molecular weight excluding hydrogens is 390 g/mol. The average molecular weight is 408 g/mol. The van der Waals surface area contributed by atoms with Gasteiger partial charge in [0.25, 0.3) is 5.56 Å². The number of allylic oxidation sites excluding steroid dienone is 1. The summed E-state index contributed by atoms with van der Waals surface area (Å²) in [4.78, 5) is 26.0. The molecule has 6 nitrogen and oxygen atoms in total. The molecule has 0 aliphatic rings. The summed E-state index contributed by atoms with van der Waals surface area (Å²) in [5, 5.41) is 13.1. The maximum Gasteiger partial charge on any atom is 0.260 e. The summed E-state index contributed by atoms with van der Waals surface area (Å²) in [6.45, 7) is 7.87. The van der Waals surface area contributed by atoms with Crippen LogP contribution >= 0.6 is 22.7 Å². The fourth-order valence-corrected chi connectivity index (χ4v) is 5.03. The molecule has 0 amide bonds. The fraction of sp³-hybridized carbons (Fsp3) is 0.200. The zero-order chi connectivity index (χ0) is 20.0. The van der Waals surface area contributed by atoms with E-state index in [-0.39, 0.29) is 5.56 Å². The minimum absolute atomic E-state index is 0.212. The molecule has 8 heteroatoms. The summed E-state index contributed by atoms with van der Waals surface area (Å²) < 4.78 is 2.05. The number of nitrogens with one attached hydrogen (secondary N) is 1. The van der Waals surface area contributed by atoms with E-state index in [2.05, 4.69) is 25.6 Å². The van der Waals surface area contributed by atoms with Gasteiger partial charge in [0.15, 0.2) is 11.0 Å². The Morgan fingerprint density at radius 3 is 2.79 bits per heavy atom. The fourth-order valence-electron chi connectivity index (χ4n) is 3.25. The van der Waals surface area contributed by atoms with Gasteiger partial charge in [-0.05, 0) is 51.0 Å². The number of rotatable bonds is 3. The van der Waals surface area contributed by atoms with Crippen molar-refractivity contribution in [2.75, 3.05) is 0 Å². The predicted octanol–water partition coefficient (Wildman–Crippen LogP) is 4.53. The van der Waals surface area contributed by atoms with Gasteiger partial charge in [-0.25, -0.2) is 9.97 Å². The summed E-state index contributed by atoms with van der Waals surface area (Å²) in [6, 6.07) is 4.19. The average Bonchev–Trinajstić information content (AvgIpc) is 3.33. The van der Waals surface area contributed by atoms with Gasteiger partial charge in [0.1, 0.15) is 10.9 Å². The summed E-state index contributed by atoms with van der Waals surface area (Å²) in [5.74, 6) is 0.292. The number of fused-ring (bicyclic) bond motifs is 1. The summed E-state index contributed by atoms with van der Waals surface area (Å²) >= 11 is 3.02. The molecule has 4 aromatic heterocycles. The zero-order valence-corrected chi connectivity index (χ0v) is 17.5. The van der Waals surface area contributed by atoms with Gasteiger partial charge in [0.2, 0.25) is 0 Å². The Bertz CT molecular complexity index is 1330. The monoisotopic (exact) mass is 407 g/mol. The van der Waals surface area contributed by atoms with E-state index < -0.39 is 0 Å². The lowest BCUT2D eigenvalue weighted by molar-refractivity contribution is 0.949. The van der Waals surface area contributed by atoms with Crippen molar-refractivity contribution in [3.05, 3.63) is 61.2 Å². The van der Waals surface area contributed by atoms with E-state index in [1.54, 1.807) is 23.6 Å². The van der Waals surface area contributed by atoms with Gasteiger partial charge >= 0.3 is 0 Å². The van der Waals surface area contributed by atoms with Crippen LogP contribution in [0.15, 0.2) is 22.4 Å². The molecule has 140 valence electrons. The third-order valence-electron chi connectivity index (χ3n) is 4.80. The van der Waals surface area contributed by atoms with E-state index in [0.29, 0.717) is 21.6 Å². The Labute approximate surface area is 169 Å². The largest absolute Gasteiger partial charge is 0.305 e. The SMILES string of the molecule is Cc1sc2nc(/C(C#N)=C/c3cc(C)n(-c4nccs4)c3C)[nH]c(=O)c2c1C. The molecule has 0 fully saturated rings. The normalized spacial score (nSPS) is 11.9. The second kappa shape index (κ2) is 6.86. The van der Waals surface area contributed by atoms with Gasteiger partial charge in [-0.1, -0.05) is 0 Å². The van der Waals surface area contributed by atoms with Crippen LogP contribution in [0.2, 0.25) is 0 Å². The lowest BCUT2D eigenvalue weighted by Gasteiger charge is -2.04. The molecule has 0 unspecified atom stereocenters. The first-order valence-corrected chi connectivity index (χ1v) is 10.3. The molecule has 4 aromatic rings. The second-order valence-corrected chi connectivity index (χ2v) is 8.60. The van der Waals surface area contributed by atoms with Crippen LogP contribution in [0.3, 0.4) is 0 Å². The van der Waals surface area contributed by atoms with Crippen LogP contribution in [-0.4, -0.2) is 19.5 Å². The van der Waals surface area contributed by atoms with Crippen molar-refractivity contribution in [2.24, 2.45) is 0 Å². The number of hydrogen-bond acceptors (Lipinski definition) is 6. The molecule has 0 saturated carbocycles. The minimum Gasteiger partial charge on any atom is -0.305 e. The highest BCUT2D eigenvalue weighted by Crippen LogP contribution is 2.28. The highest BCUT2D eigenvalue weighted by Gasteiger charge is 2.16. The Kier molecular flexibility index (Phi) is 4.49. The molecule has 28 heavy (non-hydrogen) atoms. The number of nitrogens with zero attached hydrogens (tertiary/aromatic N) is 4. The van der Waals surface area contributed by atoms with E-state index >= 15 is 0 Å². The maximum atomic E-state index is 12.6. The number of hydrogen-bond donors (Lipinski definition) is 1. The number of thiophene rings is 1. The first-order chi connectivity index (χ1) is 13.4. The molecule has 0 spiro atoms. The van der Waals surface area contributed by atoms with Crippen molar-refractivity contribution in [1.29, 1.82) is 5.26 Å². The van der Waals surface area contributed by atoms with Gasteiger partial charge in [-0.3, -0.25) is 9.36 Å². The van der Waals surface area contributed by atoms with Gasteiger partial charge < -0.3 is 4.98 Å². The van der Waals surface area contributed by atoms with Crippen LogP contribution in [0.1, 0.15) is 33.2 Å². The highest BCUT2D eigenvalue weighted by atomic mass is 32.1. The Hall–Kier alpha value is -3.02. The molecule has 0 aliphatic heterocycles. The van der Waals surface area contributed by atoms with Crippen LogP contribution in [0.25, 0.3) is 27.0 Å². The lowest BCUT2D eigenvalue weighted by Crippen LogP contribution is -2.10. The van der Waals surface area contributed by atoms with Gasteiger partial charge in [-0.15, -0.1) is 22.7 Å². The number of H-pyrrole nitrogens is 1. The van der Waals surface area contributed by atoms with Crippen LogP contribution in [0.5, 0.6) is 0 Å². The molecule has 1 N–H and O–H groups in total. The second-order valence-electron chi connectivity index (χ2n) is 6.52. The van der Waals surface area contributed by atoms with Crippen LogP contribution in [0, 0.1) is 39.0 Å². The molecule has 0 aliphatic carbocycles. The van der Waals surface area contributed by atoms with E-state index in [1.807, 2.05) is 39.1 Å². The van der Waals surface area contributed by atoms with Crippen LogP contribution in [-0.2, 0) is 0 Å². The van der Waals surface area contributed by atoms with Crippen LogP contribution < -0.4 is 5.56 Å². The molecule has 0 bridgehead atoms. The van der Waals surface area contributed by atoms with Crippen molar-refractivity contribution < 1.29 is 0 Å². The Morgan fingerprint density at radius 1 is 1.32 bits per heavy atom. The Balaban J connectivity index is 1.86. The van der Waals surface area contributed by atoms with E-state index in [1.165, 1.54) is 11.3 Å². The van der Waals surface area contributed by atoms with Gasteiger partial charge in [-0.2, -0.15) is 5.26 Å². The van der Waals surface area contributed by atoms with Crippen LogP contribution in [0.4, 0.5) is 0 Å². The first kappa shape index (κ1) is 18.3. The van der Waals surface area contributed by atoms with Crippen molar-refractivity contribution in [2.45, 2.75) is 27.7 Å². The predicted molar refractivity (Wildman–Crippen MR) is 114 cm³/mol. The molecule has 0 radical (unpaired) electrons. The topological polar surface area (TPSA) is 87.4 Å². The maximum absolute atomic E-state index is 12.6. The van der Waals surface area contributed by atoms with Gasteiger partial charge in [0, 0.05) is 27.8 Å². The zero-order valence-electron chi connectivity index (χ0n) is 15.8. The molecule has 0 aromatic carbocycles. The third-order valence-corrected chi connectivity index (χ3v) is 6.65. The van der Waals surface area contributed by atoms with Crippen molar-refractivity contribution in [1.82, 2.24) is 19.5 Å². The van der Waals surface area contributed by atoms with E-state index in [9.17, 15) is 10.1 Å². The third kappa shape index (κ3) is 2.89. The molecule has 4 rings (SSSR count). The molecule has 0 atom stereocenters. The standard InChI is InChI=1S/C20H17N5OS2/c1-10-7-14(12(3)25(10)20-22-5-6-27-20)8-15(9-21)17-23-18(26)16-11(2)13(4)28-19(16)24-17/h5-8H,1-4H3,(H,23,24,26)/b15-8+. The Morgan fingerprint density at radius 2 is 2.11 bits per heavy atom. The minimum atomic E-state index is -0.212. The molecule has 4 heterocycles. The number of aromatic nitrogens is 4. The highest BCUT2D eigenvalue weighted by molar-refractivity contribution is 7.18. The number of nitriles is 1. The van der Waals surface area contributed by atoms with Crippen molar-refractivity contribution in [3.8, 4) is 11.2 Å². The van der Waals surface area contributed by atoms with Gasteiger partial charge in [0.05, 0.1) is 11.0 Å². The van der Waals surface area contributed by atoms with E-state index in [0.717, 1.165) is 32.5 Å². The smallest absolute Gasteiger partial charge is 0.260 e. The number of aromatic amines is 1. The quantitative estimate of drug-likeness (QED) is 0.506. The van der Waals surface area contributed by atoms with E-state index in [4.69, 9.17) is 0 Å². The van der Waals surface area contributed by atoms with Crippen molar-refractivity contribution >= 4 is 44.5 Å². The number of aryl methyl sites for hydroxylation is 3. The summed E-state index contributed by atoms with van der Waals surface area (Å²) in [6.07, 6.45) is 3.54. The summed E-state index contributed by atoms with van der Waals surface area (Å²) in [7, 11) is 0. The summed E-state index contributed by atoms with van der Waals surface area (Å²) in [5.41, 5.74) is 3.95. The first-order valence-electron chi connectivity index (χ1n) is 8.61. The molecule has 0 saturated heterocycles.